The first-order chi connectivity index (χ1) is 4.31. The zero-order valence-electron chi connectivity index (χ0n) is 6.91. The highest BCUT2D eigenvalue weighted by Gasteiger charge is 1.98. The minimum Gasteiger partial charge on any atom is -0.0654 e. The zero-order valence-corrected chi connectivity index (χ0v) is 6.91. The van der Waals surface area contributed by atoms with Crippen molar-refractivity contribution >= 4 is 0 Å². The van der Waals surface area contributed by atoms with Crippen LogP contribution in [0, 0.1) is 12.3 Å². The van der Waals surface area contributed by atoms with Gasteiger partial charge in [0.1, 0.15) is 0 Å². The lowest BCUT2D eigenvalue weighted by molar-refractivity contribution is 0.568. The van der Waals surface area contributed by atoms with E-state index in [9.17, 15) is 0 Å². The summed E-state index contributed by atoms with van der Waals surface area (Å²) in [4.78, 5) is 0. The molecule has 0 aromatic rings. The summed E-state index contributed by atoms with van der Waals surface area (Å²) < 4.78 is 0. The van der Waals surface area contributed by atoms with Gasteiger partial charge in [-0.05, 0) is 18.8 Å². The van der Waals surface area contributed by atoms with Crippen LogP contribution in [0.3, 0.4) is 0 Å². The molecule has 0 rings (SSSR count). The third kappa shape index (κ3) is 5.88. The molecule has 0 spiro atoms. The smallest absolute Gasteiger partial charge is 0.0143 e. The number of hydrogen-bond acceptors (Lipinski definition) is 0. The van der Waals surface area contributed by atoms with Crippen LogP contribution in [-0.4, -0.2) is 0 Å². The van der Waals surface area contributed by atoms with Crippen LogP contribution in [0.5, 0.6) is 0 Å². The predicted octanol–water partition coefficient (Wildman–Crippen LogP) is 3.30. The van der Waals surface area contributed by atoms with Crippen LogP contribution in [-0.2, 0) is 0 Å². The van der Waals surface area contributed by atoms with Gasteiger partial charge in [0, 0.05) is 0 Å². The largest absolute Gasteiger partial charge is 0.0654 e. The fraction of sp³-hybridized carbons (Fsp3) is 0.889. The normalized spacial score (nSPS) is 13.7. The second-order valence-corrected chi connectivity index (χ2v) is 2.64. The summed E-state index contributed by atoms with van der Waals surface area (Å²) in [7, 11) is 0. The topological polar surface area (TPSA) is 0 Å². The number of unbranched alkanes of at least 4 members (excludes halogenated alkanes) is 1. The fourth-order valence-corrected chi connectivity index (χ4v) is 0.926. The highest BCUT2D eigenvalue weighted by molar-refractivity contribution is 4.70. The van der Waals surface area contributed by atoms with E-state index in [0.717, 1.165) is 5.92 Å². The lowest BCUT2D eigenvalue weighted by Crippen LogP contribution is -1.93. The third-order valence-corrected chi connectivity index (χ3v) is 1.46. The van der Waals surface area contributed by atoms with Gasteiger partial charge in [0.15, 0.2) is 0 Å². The third-order valence-electron chi connectivity index (χ3n) is 1.46. The van der Waals surface area contributed by atoms with Gasteiger partial charge in [0.2, 0.25) is 0 Å². The summed E-state index contributed by atoms with van der Waals surface area (Å²) in [5, 5.41) is 0. The van der Waals surface area contributed by atoms with E-state index in [0.29, 0.717) is 0 Å². The van der Waals surface area contributed by atoms with Crippen molar-refractivity contribution < 1.29 is 0 Å². The predicted molar refractivity (Wildman–Crippen MR) is 42.2 cm³/mol. The molecule has 0 heterocycles. The molecular formula is C9H18. The molecule has 0 aromatic heterocycles. The number of rotatable bonds is 5. The average Bonchev–Trinajstić information content (AvgIpc) is 1.85. The van der Waals surface area contributed by atoms with Gasteiger partial charge >= 0.3 is 0 Å². The molecule has 0 saturated heterocycles. The van der Waals surface area contributed by atoms with E-state index in [1.54, 1.807) is 0 Å². The van der Waals surface area contributed by atoms with Gasteiger partial charge in [-0.3, -0.25) is 0 Å². The van der Waals surface area contributed by atoms with Crippen molar-refractivity contribution in [3.8, 4) is 0 Å². The summed E-state index contributed by atoms with van der Waals surface area (Å²) in [5.74, 6) is 0.718. The van der Waals surface area contributed by atoms with E-state index < -0.39 is 0 Å². The van der Waals surface area contributed by atoms with Gasteiger partial charge in [-0.1, -0.05) is 40.0 Å². The van der Waals surface area contributed by atoms with Gasteiger partial charge in [0.05, 0.1) is 0 Å². The Balaban J connectivity index is 2.95. The molecule has 0 aliphatic rings. The SMILES string of the molecule is CCC[C]C(C)CCC. The maximum atomic E-state index is 3.43. The van der Waals surface area contributed by atoms with E-state index in [4.69, 9.17) is 0 Å². The molecule has 0 amide bonds. The van der Waals surface area contributed by atoms with Crippen molar-refractivity contribution in [2.75, 3.05) is 0 Å². The lowest BCUT2D eigenvalue weighted by Gasteiger charge is -2.06. The molecule has 9 heavy (non-hydrogen) atoms. The van der Waals surface area contributed by atoms with Crippen molar-refractivity contribution in [2.24, 2.45) is 5.92 Å². The summed E-state index contributed by atoms with van der Waals surface area (Å²) in [6.45, 7) is 6.68. The van der Waals surface area contributed by atoms with Crippen LogP contribution in [0.25, 0.3) is 0 Å². The Bertz CT molecular complexity index is 48.0. The summed E-state index contributed by atoms with van der Waals surface area (Å²) >= 11 is 0. The summed E-state index contributed by atoms with van der Waals surface area (Å²) in [6.07, 6.45) is 8.44. The molecule has 2 radical (unpaired) electrons. The van der Waals surface area contributed by atoms with Crippen LogP contribution >= 0.6 is 0 Å². The van der Waals surface area contributed by atoms with E-state index in [2.05, 4.69) is 27.2 Å². The molecule has 54 valence electrons. The van der Waals surface area contributed by atoms with Gasteiger partial charge < -0.3 is 0 Å². The molecule has 0 heteroatoms. The van der Waals surface area contributed by atoms with Gasteiger partial charge in [0.25, 0.3) is 0 Å². The zero-order chi connectivity index (χ0) is 7.11. The van der Waals surface area contributed by atoms with E-state index in [1.165, 1.54) is 25.7 Å². The van der Waals surface area contributed by atoms with Crippen LogP contribution in [0.4, 0.5) is 0 Å². The number of hydrogen-bond donors (Lipinski definition) is 0. The molecule has 0 bridgehead atoms. The van der Waals surface area contributed by atoms with E-state index >= 15 is 0 Å². The Kier molecular flexibility index (Phi) is 6.12. The van der Waals surface area contributed by atoms with Crippen LogP contribution in [0.2, 0.25) is 0 Å². The Morgan fingerprint density at radius 1 is 1.22 bits per heavy atom. The lowest BCUT2D eigenvalue weighted by atomic mass is 10.00. The Morgan fingerprint density at radius 3 is 2.33 bits per heavy atom. The molecule has 1 atom stereocenters. The summed E-state index contributed by atoms with van der Waals surface area (Å²) in [5.41, 5.74) is 0. The van der Waals surface area contributed by atoms with Crippen molar-refractivity contribution in [3.63, 3.8) is 0 Å². The standard InChI is InChI=1S/C9H18/c1-4-6-8-9(3)7-5-2/h9H,4-7H2,1-3H3. The fourth-order valence-electron chi connectivity index (χ4n) is 0.926. The van der Waals surface area contributed by atoms with Crippen molar-refractivity contribution in [2.45, 2.75) is 46.5 Å². The minimum absolute atomic E-state index is 0.718. The van der Waals surface area contributed by atoms with E-state index in [-0.39, 0.29) is 0 Å². The highest BCUT2D eigenvalue weighted by atomic mass is 14.0. The van der Waals surface area contributed by atoms with Crippen molar-refractivity contribution in [1.82, 2.24) is 0 Å². The van der Waals surface area contributed by atoms with Crippen LogP contribution in [0.1, 0.15) is 46.5 Å². The first-order valence-corrected chi connectivity index (χ1v) is 4.04. The minimum atomic E-state index is 0.718. The molecule has 0 saturated carbocycles. The van der Waals surface area contributed by atoms with Gasteiger partial charge in [-0.2, -0.15) is 0 Å². The summed E-state index contributed by atoms with van der Waals surface area (Å²) in [6, 6.07) is 0. The quantitative estimate of drug-likeness (QED) is 0.530. The molecule has 0 aliphatic heterocycles. The highest BCUT2D eigenvalue weighted by Crippen LogP contribution is 2.11. The first-order valence-electron chi connectivity index (χ1n) is 4.04. The molecule has 0 N–H and O–H groups in total. The Labute approximate surface area is 59.7 Å². The molecule has 1 unspecified atom stereocenters. The second-order valence-electron chi connectivity index (χ2n) is 2.64. The van der Waals surface area contributed by atoms with Crippen LogP contribution in [0.15, 0.2) is 0 Å². The van der Waals surface area contributed by atoms with Crippen LogP contribution < -0.4 is 0 Å². The Hall–Kier alpha value is 0. The second kappa shape index (κ2) is 6.12. The molecule has 0 aliphatic carbocycles. The molecular weight excluding hydrogens is 108 g/mol. The van der Waals surface area contributed by atoms with Crippen molar-refractivity contribution in [1.29, 1.82) is 0 Å². The van der Waals surface area contributed by atoms with E-state index in [1.807, 2.05) is 0 Å². The molecule has 0 nitrogen and oxygen atoms in total. The van der Waals surface area contributed by atoms with Gasteiger partial charge in [-0.25, -0.2) is 0 Å². The average molecular weight is 126 g/mol. The molecule has 0 aromatic carbocycles. The maximum Gasteiger partial charge on any atom is -0.0143 e. The maximum absolute atomic E-state index is 3.43. The van der Waals surface area contributed by atoms with Gasteiger partial charge in [-0.15, -0.1) is 0 Å². The monoisotopic (exact) mass is 126 g/mol. The Morgan fingerprint density at radius 2 is 1.89 bits per heavy atom. The molecule has 0 fully saturated rings. The first kappa shape index (κ1) is 9.00. The van der Waals surface area contributed by atoms with Crippen molar-refractivity contribution in [3.05, 3.63) is 6.42 Å².